The van der Waals surface area contributed by atoms with Crippen LogP contribution in [0.3, 0.4) is 0 Å². The molecule has 0 unspecified atom stereocenters. The van der Waals surface area contributed by atoms with Crippen molar-refractivity contribution in [1.29, 1.82) is 0 Å². The first kappa shape index (κ1) is 33.9. The molecule has 0 radical (unpaired) electrons. The van der Waals surface area contributed by atoms with Crippen LogP contribution in [0, 0.1) is 0 Å². The molecule has 2 aromatic heterocycles. The monoisotopic (exact) mass is 742 g/mol. The van der Waals surface area contributed by atoms with Crippen LogP contribution in [0.2, 0.25) is 0 Å². The van der Waals surface area contributed by atoms with Gasteiger partial charge in [-0.05, 0) is 57.1 Å². The Morgan fingerprint density at radius 1 is 0.362 bits per heavy atom. The molecule has 0 spiro atoms. The molecule has 1 aliphatic carbocycles. The van der Waals surface area contributed by atoms with Crippen molar-refractivity contribution in [1.82, 2.24) is 19.5 Å². The predicted molar refractivity (Wildman–Crippen MR) is 239 cm³/mol. The molecule has 0 N–H and O–H groups in total. The zero-order chi connectivity index (χ0) is 38.8. The summed E-state index contributed by atoms with van der Waals surface area (Å²) in [6.45, 7) is 4.68. The highest BCUT2D eigenvalue weighted by molar-refractivity contribution is 6.11. The second kappa shape index (κ2) is 13.4. The Balaban J connectivity index is 1.05. The number of hydrogen-bond donors (Lipinski definition) is 0. The Bertz CT molecular complexity index is 3160. The minimum atomic E-state index is -0.105. The molecular formula is C54H38N4. The van der Waals surface area contributed by atoms with Crippen LogP contribution in [0.15, 0.2) is 194 Å². The average Bonchev–Trinajstić information content (AvgIpc) is 3.75. The standard InChI is InChI=1S/C54H38N4/c1-54(2)45-20-11-9-19-44(45)50-46(54)21-13-23-48(50)58-47-22-12-10-18-42(47)43-33-32-41(34-49(43)58)53-56-51(39-16-7-4-8-17-39)55-52(57-53)40-30-28-38(29-31-40)37-26-24-36(25-27-37)35-14-5-3-6-15-35/h3-34H,1-2H3. The summed E-state index contributed by atoms with van der Waals surface area (Å²) in [7, 11) is 0. The van der Waals surface area contributed by atoms with Gasteiger partial charge < -0.3 is 4.57 Å². The SMILES string of the molecule is CC1(C)c2ccccc2-c2c(-n3c4ccccc4c4ccc(-c5nc(-c6ccccc6)nc(-c6ccc(-c7ccc(-c8ccccc8)cc7)cc6)n5)cc43)cccc21. The van der Waals surface area contributed by atoms with E-state index in [0.717, 1.165) is 33.3 Å². The van der Waals surface area contributed by atoms with Gasteiger partial charge in [0.15, 0.2) is 17.5 Å². The Kier molecular flexibility index (Phi) is 7.80. The van der Waals surface area contributed by atoms with E-state index in [1.165, 1.54) is 55.4 Å². The minimum Gasteiger partial charge on any atom is -0.309 e. The van der Waals surface area contributed by atoms with Crippen molar-refractivity contribution >= 4 is 21.8 Å². The molecule has 4 nitrogen and oxygen atoms in total. The summed E-state index contributed by atoms with van der Waals surface area (Å²) >= 11 is 0. The molecule has 11 rings (SSSR count). The van der Waals surface area contributed by atoms with E-state index < -0.39 is 0 Å². The van der Waals surface area contributed by atoms with Crippen LogP contribution in [0.1, 0.15) is 25.0 Å². The Hall–Kier alpha value is -7.43. The number of fused-ring (bicyclic) bond motifs is 6. The molecule has 0 saturated heterocycles. The lowest BCUT2D eigenvalue weighted by Crippen LogP contribution is -2.14. The second-order valence-electron chi connectivity index (χ2n) is 15.6. The molecule has 4 heteroatoms. The van der Waals surface area contributed by atoms with Crippen molar-refractivity contribution in [3.8, 4) is 73.2 Å². The van der Waals surface area contributed by atoms with Crippen molar-refractivity contribution in [3.05, 3.63) is 205 Å². The van der Waals surface area contributed by atoms with Gasteiger partial charge in [0.05, 0.1) is 16.7 Å². The first-order valence-corrected chi connectivity index (χ1v) is 19.9. The quantitative estimate of drug-likeness (QED) is 0.170. The summed E-state index contributed by atoms with van der Waals surface area (Å²) in [5.41, 5.74) is 16.2. The lowest BCUT2D eigenvalue weighted by atomic mass is 9.82. The molecule has 0 fully saturated rings. The molecular weight excluding hydrogens is 705 g/mol. The van der Waals surface area contributed by atoms with Crippen LogP contribution in [0.5, 0.6) is 0 Å². The fourth-order valence-corrected chi connectivity index (χ4v) is 8.94. The zero-order valence-electron chi connectivity index (χ0n) is 32.3. The van der Waals surface area contributed by atoms with E-state index in [4.69, 9.17) is 15.0 Å². The van der Waals surface area contributed by atoms with E-state index in [2.05, 4.69) is 188 Å². The maximum Gasteiger partial charge on any atom is 0.164 e. The molecule has 0 amide bonds. The van der Waals surface area contributed by atoms with Gasteiger partial charge >= 0.3 is 0 Å². The topological polar surface area (TPSA) is 43.6 Å². The molecule has 10 aromatic rings. The van der Waals surface area contributed by atoms with Gasteiger partial charge in [0.2, 0.25) is 0 Å². The minimum absolute atomic E-state index is 0.105. The number of rotatable bonds is 6. The van der Waals surface area contributed by atoms with Crippen molar-refractivity contribution in [3.63, 3.8) is 0 Å². The van der Waals surface area contributed by atoms with Crippen molar-refractivity contribution in [2.24, 2.45) is 0 Å². The van der Waals surface area contributed by atoms with Gasteiger partial charge in [-0.25, -0.2) is 15.0 Å². The van der Waals surface area contributed by atoms with Crippen LogP contribution in [-0.2, 0) is 5.41 Å². The maximum absolute atomic E-state index is 5.19. The van der Waals surface area contributed by atoms with Gasteiger partial charge in [-0.2, -0.15) is 0 Å². The van der Waals surface area contributed by atoms with Crippen molar-refractivity contribution in [2.45, 2.75) is 19.3 Å². The van der Waals surface area contributed by atoms with E-state index in [0.29, 0.717) is 17.5 Å². The zero-order valence-corrected chi connectivity index (χ0v) is 32.3. The fourth-order valence-electron chi connectivity index (χ4n) is 8.94. The van der Waals surface area contributed by atoms with Crippen LogP contribution in [0.25, 0.3) is 95.0 Å². The second-order valence-corrected chi connectivity index (χ2v) is 15.6. The third kappa shape index (κ3) is 5.48. The van der Waals surface area contributed by atoms with Gasteiger partial charge in [0.25, 0.3) is 0 Å². The molecule has 58 heavy (non-hydrogen) atoms. The van der Waals surface area contributed by atoms with Gasteiger partial charge in [-0.15, -0.1) is 0 Å². The normalized spacial score (nSPS) is 12.8. The molecule has 1 aliphatic rings. The van der Waals surface area contributed by atoms with Gasteiger partial charge in [-0.3, -0.25) is 0 Å². The third-order valence-electron chi connectivity index (χ3n) is 11.9. The maximum atomic E-state index is 5.19. The summed E-state index contributed by atoms with van der Waals surface area (Å²) in [5.74, 6) is 1.91. The van der Waals surface area contributed by atoms with E-state index in [9.17, 15) is 0 Å². The summed E-state index contributed by atoms with van der Waals surface area (Å²) in [6.07, 6.45) is 0. The smallest absolute Gasteiger partial charge is 0.164 e. The Morgan fingerprint density at radius 3 is 1.50 bits per heavy atom. The molecule has 8 aromatic carbocycles. The van der Waals surface area contributed by atoms with Crippen LogP contribution in [-0.4, -0.2) is 19.5 Å². The van der Waals surface area contributed by atoms with Crippen LogP contribution in [0.4, 0.5) is 0 Å². The number of nitrogens with zero attached hydrogens (tertiary/aromatic N) is 4. The van der Waals surface area contributed by atoms with Gasteiger partial charge in [-0.1, -0.05) is 190 Å². The highest BCUT2D eigenvalue weighted by atomic mass is 15.0. The highest BCUT2D eigenvalue weighted by Gasteiger charge is 2.37. The van der Waals surface area contributed by atoms with Gasteiger partial charge in [0.1, 0.15) is 0 Å². The molecule has 274 valence electrons. The first-order chi connectivity index (χ1) is 28.5. The van der Waals surface area contributed by atoms with E-state index in [1.807, 2.05) is 24.3 Å². The van der Waals surface area contributed by atoms with Gasteiger partial charge in [0, 0.05) is 38.4 Å². The largest absolute Gasteiger partial charge is 0.309 e. The summed E-state index contributed by atoms with van der Waals surface area (Å²) in [5, 5.41) is 2.40. The molecule has 0 saturated carbocycles. The molecule has 0 aliphatic heterocycles. The summed E-state index contributed by atoms with van der Waals surface area (Å²) in [6, 6.07) is 69.0. The van der Waals surface area contributed by atoms with E-state index >= 15 is 0 Å². The van der Waals surface area contributed by atoms with Crippen molar-refractivity contribution < 1.29 is 0 Å². The third-order valence-corrected chi connectivity index (χ3v) is 11.9. The Labute approximate surface area is 337 Å². The molecule has 0 atom stereocenters. The number of hydrogen-bond acceptors (Lipinski definition) is 3. The summed E-state index contributed by atoms with van der Waals surface area (Å²) in [4.78, 5) is 15.4. The molecule has 2 heterocycles. The highest BCUT2D eigenvalue weighted by Crippen LogP contribution is 2.51. The Morgan fingerprint density at radius 2 is 0.828 bits per heavy atom. The van der Waals surface area contributed by atoms with Crippen LogP contribution >= 0.6 is 0 Å². The average molecular weight is 743 g/mol. The molecule has 0 bridgehead atoms. The van der Waals surface area contributed by atoms with Crippen molar-refractivity contribution in [2.75, 3.05) is 0 Å². The van der Waals surface area contributed by atoms with E-state index in [-0.39, 0.29) is 5.41 Å². The lowest BCUT2D eigenvalue weighted by Gasteiger charge is -2.22. The number of aromatic nitrogens is 4. The lowest BCUT2D eigenvalue weighted by molar-refractivity contribution is 0.660. The fraction of sp³-hybridized carbons (Fsp3) is 0.0556. The van der Waals surface area contributed by atoms with E-state index in [1.54, 1.807) is 0 Å². The van der Waals surface area contributed by atoms with Crippen LogP contribution < -0.4 is 0 Å². The number of para-hydroxylation sites is 1. The first-order valence-electron chi connectivity index (χ1n) is 19.9. The predicted octanol–water partition coefficient (Wildman–Crippen LogP) is 13.6. The number of benzene rings is 8. The summed E-state index contributed by atoms with van der Waals surface area (Å²) < 4.78 is 2.44.